The van der Waals surface area contributed by atoms with E-state index < -0.39 is 0 Å². The number of hydrogen-bond acceptors (Lipinski definition) is 5. The van der Waals surface area contributed by atoms with Crippen LogP contribution in [0.2, 0.25) is 0 Å². The van der Waals surface area contributed by atoms with Gasteiger partial charge in [0.05, 0.1) is 18.1 Å². The molecule has 1 aromatic carbocycles. The third-order valence-corrected chi connectivity index (χ3v) is 4.50. The fourth-order valence-electron chi connectivity index (χ4n) is 2.58. The fourth-order valence-corrected chi connectivity index (χ4v) is 3.43. The second-order valence-electron chi connectivity index (χ2n) is 5.45. The fraction of sp³-hybridized carbons (Fsp3) is 0.300. The Morgan fingerprint density at radius 1 is 1.12 bits per heavy atom. The zero-order valence-electron chi connectivity index (χ0n) is 15.1. The quantitative estimate of drug-likeness (QED) is 0.473. The van der Waals surface area contributed by atoms with Gasteiger partial charge in [0.2, 0.25) is 0 Å². The van der Waals surface area contributed by atoms with Gasteiger partial charge in [-0.3, -0.25) is 14.5 Å². The van der Waals surface area contributed by atoms with Gasteiger partial charge in [-0.25, -0.2) is 0 Å². The van der Waals surface area contributed by atoms with E-state index in [4.69, 9.17) is 9.47 Å². The standard InChI is InChI=1S/C20H23NO4S/c1-5-9-15-11-14(12-16(24-7-3)18(15)25-8-4)13-17-19(22)21(10-6-2)20(23)26-17/h5-6,11-13H,1-2,7-10H2,3-4H3. The van der Waals surface area contributed by atoms with Crippen molar-refractivity contribution in [3.05, 3.63) is 53.5 Å². The van der Waals surface area contributed by atoms with E-state index >= 15 is 0 Å². The summed E-state index contributed by atoms with van der Waals surface area (Å²) in [5.74, 6) is 0.994. The molecular weight excluding hydrogens is 350 g/mol. The number of hydrogen-bond donors (Lipinski definition) is 0. The van der Waals surface area contributed by atoms with Crippen LogP contribution in [0.15, 0.2) is 42.3 Å². The summed E-state index contributed by atoms with van der Waals surface area (Å²) in [7, 11) is 0. The lowest BCUT2D eigenvalue weighted by Crippen LogP contribution is -2.27. The van der Waals surface area contributed by atoms with Crippen LogP contribution in [0.3, 0.4) is 0 Å². The molecule has 0 bridgehead atoms. The molecule has 138 valence electrons. The predicted octanol–water partition coefficient (Wildman–Crippen LogP) is 4.43. The molecule has 0 spiro atoms. The van der Waals surface area contributed by atoms with Gasteiger partial charge in [0.25, 0.3) is 11.1 Å². The van der Waals surface area contributed by atoms with Gasteiger partial charge in [-0.1, -0.05) is 12.2 Å². The minimum atomic E-state index is -0.308. The molecule has 0 atom stereocenters. The first-order valence-corrected chi connectivity index (χ1v) is 9.26. The Hall–Kier alpha value is -2.47. The van der Waals surface area contributed by atoms with Crippen LogP contribution in [0, 0.1) is 0 Å². The van der Waals surface area contributed by atoms with Crippen LogP contribution < -0.4 is 9.47 Å². The van der Waals surface area contributed by atoms with Crippen LogP contribution in [-0.4, -0.2) is 35.8 Å². The van der Waals surface area contributed by atoms with Crippen molar-refractivity contribution in [1.82, 2.24) is 4.90 Å². The number of allylic oxidation sites excluding steroid dienone is 1. The zero-order valence-corrected chi connectivity index (χ0v) is 15.9. The molecule has 2 amide bonds. The number of amides is 2. The number of thioether (sulfide) groups is 1. The van der Waals surface area contributed by atoms with Gasteiger partial charge in [0.1, 0.15) is 0 Å². The van der Waals surface area contributed by atoms with Gasteiger partial charge < -0.3 is 9.47 Å². The molecule has 5 nitrogen and oxygen atoms in total. The van der Waals surface area contributed by atoms with E-state index in [-0.39, 0.29) is 17.7 Å². The third kappa shape index (κ3) is 4.38. The zero-order chi connectivity index (χ0) is 19.1. The summed E-state index contributed by atoms with van der Waals surface area (Å²) in [6.45, 7) is 12.4. The smallest absolute Gasteiger partial charge is 0.293 e. The van der Waals surface area contributed by atoms with E-state index in [9.17, 15) is 9.59 Å². The summed E-state index contributed by atoms with van der Waals surface area (Å²) >= 11 is 0.928. The monoisotopic (exact) mass is 373 g/mol. The van der Waals surface area contributed by atoms with Crippen LogP contribution in [0.4, 0.5) is 4.79 Å². The molecule has 0 radical (unpaired) electrons. The van der Waals surface area contributed by atoms with E-state index in [1.165, 1.54) is 11.0 Å². The molecule has 1 aromatic rings. The lowest BCUT2D eigenvalue weighted by molar-refractivity contribution is -0.122. The topological polar surface area (TPSA) is 55.8 Å². The van der Waals surface area contributed by atoms with Gasteiger partial charge in [0, 0.05) is 12.1 Å². The SMILES string of the molecule is C=CCc1cc(C=C2SC(=O)N(CC=C)C2=O)cc(OCC)c1OCC. The second kappa shape index (κ2) is 9.29. The number of benzene rings is 1. The van der Waals surface area contributed by atoms with Gasteiger partial charge in [0.15, 0.2) is 11.5 Å². The van der Waals surface area contributed by atoms with Crippen molar-refractivity contribution in [2.24, 2.45) is 0 Å². The molecule has 0 N–H and O–H groups in total. The average molecular weight is 373 g/mol. The van der Waals surface area contributed by atoms with Crippen molar-refractivity contribution in [2.45, 2.75) is 20.3 Å². The minimum Gasteiger partial charge on any atom is -0.490 e. The normalized spacial score (nSPS) is 15.5. The maximum Gasteiger partial charge on any atom is 0.293 e. The highest BCUT2D eigenvalue weighted by atomic mass is 32.2. The largest absolute Gasteiger partial charge is 0.490 e. The lowest BCUT2D eigenvalue weighted by Gasteiger charge is -2.16. The molecule has 26 heavy (non-hydrogen) atoms. The van der Waals surface area contributed by atoms with Crippen molar-refractivity contribution in [3.8, 4) is 11.5 Å². The van der Waals surface area contributed by atoms with Gasteiger partial charge >= 0.3 is 0 Å². The molecule has 0 aliphatic carbocycles. The van der Waals surface area contributed by atoms with Crippen LogP contribution in [-0.2, 0) is 11.2 Å². The van der Waals surface area contributed by atoms with E-state index in [0.717, 1.165) is 22.9 Å². The molecule has 0 saturated carbocycles. The number of carbonyl (C=O) groups excluding carboxylic acids is 2. The summed E-state index contributed by atoms with van der Waals surface area (Å²) in [4.78, 5) is 25.9. The number of ether oxygens (including phenoxy) is 2. The number of imide groups is 1. The number of carbonyl (C=O) groups is 2. The number of rotatable bonds is 9. The summed E-state index contributed by atoms with van der Waals surface area (Å²) in [6, 6.07) is 3.75. The Labute approximate surface area is 158 Å². The highest BCUT2D eigenvalue weighted by Crippen LogP contribution is 2.37. The van der Waals surface area contributed by atoms with E-state index in [2.05, 4.69) is 13.2 Å². The maximum atomic E-state index is 12.4. The van der Waals surface area contributed by atoms with Gasteiger partial charge in [-0.15, -0.1) is 13.2 Å². The Morgan fingerprint density at radius 2 is 1.85 bits per heavy atom. The van der Waals surface area contributed by atoms with Crippen molar-refractivity contribution in [1.29, 1.82) is 0 Å². The molecule has 1 aliphatic heterocycles. The molecule has 1 saturated heterocycles. The Balaban J connectivity index is 2.46. The molecule has 0 unspecified atom stereocenters. The van der Waals surface area contributed by atoms with E-state index in [0.29, 0.717) is 36.0 Å². The molecule has 1 aliphatic rings. The summed E-state index contributed by atoms with van der Waals surface area (Å²) in [6.07, 6.45) is 5.63. The highest BCUT2D eigenvalue weighted by molar-refractivity contribution is 8.18. The van der Waals surface area contributed by atoms with Crippen LogP contribution in [0.1, 0.15) is 25.0 Å². The highest BCUT2D eigenvalue weighted by Gasteiger charge is 2.34. The molecular formula is C20H23NO4S. The molecule has 0 aromatic heterocycles. The minimum absolute atomic E-state index is 0.206. The van der Waals surface area contributed by atoms with Gasteiger partial charge in [-0.05, 0) is 55.8 Å². The van der Waals surface area contributed by atoms with Crippen LogP contribution >= 0.6 is 11.8 Å². The Bertz CT molecular complexity index is 754. The van der Waals surface area contributed by atoms with Crippen molar-refractivity contribution < 1.29 is 19.1 Å². The second-order valence-corrected chi connectivity index (χ2v) is 6.44. The summed E-state index contributed by atoms with van der Waals surface area (Å²) in [5, 5.41) is -0.288. The van der Waals surface area contributed by atoms with E-state index in [1.807, 2.05) is 26.0 Å². The Kier molecular flexibility index (Phi) is 7.09. The van der Waals surface area contributed by atoms with Crippen molar-refractivity contribution >= 4 is 29.0 Å². The molecule has 6 heteroatoms. The van der Waals surface area contributed by atoms with Crippen molar-refractivity contribution in [3.63, 3.8) is 0 Å². The average Bonchev–Trinajstić information content (AvgIpc) is 2.86. The number of nitrogens with zero attached hydrogens (tertiary/aromatic N) is 1. The summed E-state index contributed by atoms with van der Waals surface area (Å²) in [5.41, 5.74) is 1.70. The molecule has 1 heterocycles. The lowest BCUT2D eigenvalue weighted by atomic mass is 10.0. The molecule has 1 fully saturated rings. The van der Waals surface area contributed by atoms with Crippen molar-refractivity contribution in [2.75, 3.05) is 19.8 Å². The first kappa shape index (κ1) is 19.8. The Morgan fingerprint density at radius 3 is 2.46 bits per heavy atom. The summed E-state index contributed by atoms with van der Waals surface area (Å²) < 4.78 is 11.5. The first-order valence-electron chi connectivity index (χ1n) is 8.45. The first-order chi connectivity index (χ1) is 12.5. The van der Waals surface area contributed by atoms with Crippen LogP contribution in [0.25, 0.3) is 6.08 Å². The third-order valence-electron chi connectivity index (χ3n) is 3.59. The molecule has 2 rings (SSSR count). The van der Waals surface area contributed by atoms with E-state index in [1.54, 1.807) is 12.2 Å². The van der Waals surface area contributed by atoms with Crippen LogP contribution in [0.5, 0.6) is 11.5 Å². The predicted molar refractivity (Wildman–Crippen MR) is 106 cm³/mol. The van der Waals surface area contributed by atoms with Gasteiger partial charge in [-0.2, -0.15) is 0 Å². The maximum absolute atomic E-state index is 12.4.